The number of alkyl halides is 6. The third-order valence-corrected chi connectivity index (χ3v) is 3.99. The summed E-state index contributed by atoms with van der Waals surface area (Å²) in [5, 5.41) is 4.71. The van der Waals surface area contributed by atoms with E-state index in [9.17, 15) is 31.1 Å². The summed E-state index contributed by atoms with van der Waals surface area (Å²) in [5.74, 6) is 0.000580. The van der Waals surface area contributed by atoms with Gasteiger partial charge in [0.05, 0.1) is 39.0 Å². The van der Waals surface area contributed by atoms with Crippen LogP contribution >= 0.6 is 0 Å². The molecule has 170 valence electrons. The van der Waals surface area contributed by atoms with E-state index in [0.29, 0.717) is 12.1 Å². The van der Waals surface area contributed by atoms with Gasteiger partial charge in [-0.15, -0.1) is 0 Å². The number of carbonyl (C=O) groups excluding carboxylic acids is 1. The molecule has 0 aliphatic rings. The number of methoxy groups -OCH3 is 3. The van der Waals surface area contributed by atoms with Crippen LogP contribution in [0.4, 0.5) is 37.7 Å². The first kappa shape index (κ1) is 24.0. The highest BCUT2D eigenvalue weighted by atomic mass is 19.4. The van der Waals surface area contributed by atoms with E-state index >= 15 is 0 Å². The largest absolute Gasteiger partial charge is 0.493 e. The molecule has 2 aromatic carbocycles. The van der Waals surface area contributed by atoms with Crippen LogP contribution in [0.3, 0.4) is 0 Å². The molecule has 0 bridgehead atoms. The number of amides is 1. The van der Waals surface area contributed by atoms with E-state index in [2.05, 4.69) is 10.6 Å². The van der Waals surface area contributed by atoms with Gasteiger partial charge in [-0.3, -0.25) is 4.79 Å². The maximum Gasteiger partial charge on any atom is 0.416 e. The summed E-state index contributed by atoms with van der Waals surface area (Å²) in [7, 11) is 4.10. The molecule has 1 amide bonds. The zero-order valence-electron chi connectivity index (χ0n) is 16.5. The third kappa shape index (κ3) is 6.09. The van der Waals surface area contributed by atoms with E-state index in [0.717, 1.165) is 0 Å². The number of hydrogen-bond acceptors (Lipinski definition) is 5. The van der Waals surface area contributed by atoms with E-state index in [1.165, 1.54) is 33.5 Å². The molecular weight excluding hydrogens is 434 g/mol. The first-order valence-electron chi connectivity index (χ1n) is 8.52. The Morgan fingerprint density at radius 3 is 1.65 bits per heavy atom. The van der Waals surface area contributed by atoms with Crippen LogP contribution in [0.1, 0.15) is 11.1 Å². The SMILES string of the molecule is COc1cc(NC(=O)CNc2cc(C(F)(F)F)cc(C(F)(F)F)c2)cc(OC)c1OC. The lowest BCUT2D eigenvalue weighted by Gasteiger charge is -2.16. The summed E-state index contributed by atoms with van der Waals surface area (Å²) in [6.07, 6.45) is -9.98. The van der Waals surface area contributed by atoms with Gasteiger partial charge in [0, 0.05) is 23.5 Å². The summed E-state index contributed by atoms with van der Waals surface area (Å²) >= 11 is 0. The van der Waals surface area contributed by atoms with Crippen molar-refractivity contribution in [2.75, 3.05) is 38.5 Å². The summed E-state index contributed by atoms with van der Waals surface area (Å²) in [6.45, 7) is -0.602. The van der Waals surface area contributed by atoms with Gasteiger partial charge >= 0.3 is 12.4 Å². The highest BCUT2D eigenvalue weighted by Gasteiger charge is 2.37. The van der Waals surface area contributed by atoms with Crippen molar-refractivity contribution in [3.8, 4) is 17.2 Å². The van der Waals surface area contributed by atoms with Crippen molar-refractivity contribution < 1.29 is 45.3 Å². The molecule has 0 atom stereocenters. The number of rotatable bonds is 7. The van der Waals surface area contributed by atoms with Crippen molar-refractivity contribution in [1.29, 1.82) is 0 Å². The molecule has 0 spiro atoms. The molecule has 0 unspecified atom stereocenters. The minimum atomic E-state index is -4.99. The van der Waals surface area contributed by atoms with Crippen molar-refractivity contribution in [2.24, 2.45) is 0 Å². The molecule has 0 saturated carbocycles. The smallest absolute Gasteiger partial charge is 0.416 e. The van der Waals surface area contributed by atoms with E-state index < -0.39 is 41.6 Å². The van der Waals surface area contributed by atoms with Gasteiger partial charge in [0.2, 0.25) is 11.7 Å². The van der Waals surface area contributed by atoms with E-state index in [1.807, 2.05) is 0 Å². The Labute approximate surface area is 173 Å². The second-order valence-corrected chi connectivity index (χ2v) is 6.11. The number of carbonyl (C=O) groups is 1. The third-order valence-electron chi connectivity index (χ3n) is 3.99. The van der Waals surface area contributed by atoms with Crippen LogP contribution < -0.4 is 24.8 Å². The molecule has 0 radical (unpaired) electrons. The molecule has 0 aliphatic heterocycles. The van der Waals surface area contributed by atoms with Crippen molar-refractivity contribution in [1.82, 2.24) is 0 Å². The lowest BCUT2D eigenvalue weighted by Crippen LogP contribution is -2.22. The summed E-state index contributed by atoms with van der Waals surface area (Å²) < 4.78 is 92.9. The van der Waals surface area contributed by atoms with Crippen LogP contribution in [0.5, 0.6) is 17.2 Å². The molecule has 0 aliphatic carbocycles. The summed E-state index contributed by atoms with van der Waals surface area (Å²) in [6, 6.07) is 3.79. The Bertz CT molecular complexity index is 887. The second-order valence-electron chi connectivity index (χ2n) is 6.11. The highest BCUT2D eigenvalue weighted by Crippen LogP contribution is 2.40. The van der Waals surface area contributed by atoms with E-state index in [1.54, 1.807) is 0 Å². The predicted octanol–water partition coefficient (Wildman–Crippen LogP) is 4.80. The first-order valence-corrected chi connectivity index (χ1v) is 8.52. The van der Waals surface area contributed by atoms with Crippen LogP contribution in [0.2, 0.25) is 0 Å². The molecule has 12 heteroatoms. The van der Waals surface area contributed by atoms with Crippen molar-refractivity contribution in [3.63, 3.8) is 0 Å². The Hall–Kier alpha value is -3.31. The lowest BCUT2D eigenvalue weighted by molar-refractivity contribution is -0.143. The van der Waals surface area contributed by atoms with Crippen molar-refractivity contribution in [3.05, 3.63) is 41.5 Å². The Morgan fingerprint density at radius 2 is 1.26 bits per heavy atom. The normalized spacial score (nSPS) is 11.6. The maximum absolute atomic E-state index is 12.9. The first-order chi connectivity index (χ1) is 14.4. The molecule has 0 heterocycles. The van der Waals surface area contributed by atoms with Crippen LogP contribution in [0.25, 0.3) is 0 Å². The van der Waals surface area contributed by atoms with E-state index in [4.69, 9.17) is 14.2 Å². The van der Waals surface area contributed by atoms with Gasteiger partial charge in [0.1, 0.15) is 0 Å². The quantitative estimate of drug-likeness (QED) is 0.591. The molecule has 0 aromatic heterocycles. The Kier molecular flexibility index (Phi) is 7.13. The molecule has 6 nitrogen and oxygen atoms in total. The topological polar surface area (TPSA) is 68.8 Å². The summed E-state index contributed by atoms with van der Waals surface area (Å²) in [4.78, 5) is 12.2. The van der Waals surface area contributed by atoms with Gasteiger partial charge in [0.25, 0.3) is 0 Å². The fraction of sp³-hybridized carbons (Fsp3) is 0.316. The van der Waals surface area contributed by atoms with Crippen LogP contribution in [0, 0.1) is 0 Å². The number of benzene rings is 2. The second kappa shape index (κ2) is 9.23. The molecule has 0 saturated heterocycles. The predicted molar refractivity (Wildman–Crippen MR) is 99.7 cm³/mol. The van der Waals surface area contributed by atoms with Gasteiger partial charge in [-0.05, 0) is 18.2 Å². The van der Waals surface area contributed by atoms with E-state index in [-0.39, 0.29) is 29.0 Å². The monoisotopic (exact) mass is 452 g/mol. The number of nitrogens with one attached hydrogen (secondary N) is 2. The molecular formula is C19H18F6N2O4. The van der Waals surface area contributed by atoms with Gasteiger partial charge in [0.15, 0.2) is 11.5 Å². The molecule has 0 fully saturated rings. The molecule has 31 heavy (non-hydrogen) atoms. The van der Waals surface area contributed by atoms with Gasteiger partial charge in [-0.1, -0.05) is 0 Å². The molecule has 2 N–H and O–H groups in total. The average Bonchev–Trinajstić information content (AvgIpc) is 2.69. The summed E-state index contributed by atoms with van der Waals surface area (Å²) in [5.41, 5.74) is -3.28. The van der Waals surface area contributed by atoms with Gasteiger partial charge < -0.3 is 24.8 Å². The Balaban J connectivity index is 2.20. The van der Waals surface area contributed by atoms with Crippen LogP contribution in [-0.2, 0) is 17.1 Å². The highest BCUT2D eigenvalue weighted by molar-refractivity contribution is 5.94. The number of hydrogen-bond donors (Lipinski definition) is 2. The van der Waals surface area contributed by atoms with Crippen molar-refractivity contribution in [2.45, 2.75) is 12.4 Å². The standard InChI is InChI=1S/C19H18F6N2O4/c1-29-14-7-13(8-15(30-2)17(14)31-3)27-16(28)9-26-12-5-10(18(20,21)22)4-11(6-12)19(23,24)25/h4-8,26H,9H2,1-3H3,(H,27,28). The van der Waals surface area contributed by atoms with Gasteiger partial charge in [-0.2, -0.15) is 26.3 Å². The maximum atomic E-state index is 12.9. The zero-order valence-corrected chi connectivity index (χ0v) is 16.5. The van der Waals surface area contributed by atoms with Crippen molar-refractivity contribution >= 4 is 17.3 Å². The zero-order chi connectivity index (χ0) is 23.4. The number of halogens is 6. The number of ether oxygens (including phenoxy) is 3. The fourth-order valence-corrected chi connectivity index (χ4v) is 2.60. The fourth-order valence-electron chi connectivity index (χ4n) is 2.60. The van der Waals surface area contributed by atoms with Gasteiger partial charge in [-0.25, -0.2) is 0 Å². The number of anilines is 2. The lowest BCUT2D eigenvalue weighted by atomic mass is 10.1. The van der Waals surface area contributed by atoms with Crippen LogP contribution in [-0.4, -0.2) is 33.8 Å². The minimum Gasteiger partial charge on any atom is -0.493 e. The average molecular weight is 452 g/mol. The minimum absolute atomic E-state index is 0.00115. The van der Waals surface area contributed by atoms with Crippen LogP contribution in [0.15, 0.2) is 30.3 Å². The molecule has 2 aromatic rings. The Morgan fingerprint density at radius 1 is 0.774 bits per heavy atom. The molecule has 2 rings (SSSR count).